The quantitative estimate of drug-likeness (QED) is 0.0553. The zero-order chi connectivity index (χ0) is 32.7. The van der Waals surface area contributed by atoms with Crippen molar-refractivity contribution in [3.63, 3.8) is 0 Å². The predicted octanol–water partition coefficient (Wildman–Crippen LogP) is 3.85. The van der Waals surface area contributed by atoms with Crippen LogP contribution in [0.5, 0.6) is 0 Å². The number of nitrogens with zero attached hydrogens (tertiary/aromatic N) is 3. The van der Waals surface area contributed by atoms with Crippen molar-refractivity contribution >= 4 is 69.9 Å². The van der Waals surface area contributed by atoms with E-state index >= 15 is 0 Å². The van der Waals surface area contributed by atoms with E-state index in [0.29, 0.717) is 39.9 Å². The molecule has 1 aromatic carbocycles. The number of nitrogens with one attached hydrogen (secondary N) is 5. The highest BCUT2D eigenvalue weighted by Gasteiger charge is 2.19. The van der Waals surface area contributed by atoms with Gasteiger partial charge in [0.2, 0.25) is 0 Å². The molecule has 0 aliphatic carbocycles. The summed E-state index contributed by atoms with van der Waals surface area (Å²) in [5.74, 6) is -0.248. The second-order valence-electron chi connectivity index (χ2n) is 10.1. The van der Waals surface area contributed by atoms with Crippen molar-refractivity contribution in [2.45, 2.75) is 11.3 Å². The van der Waals surface area contributed by atoms with E-state index in [1.165, 1.54) is 12.1 Å². The maximum absolute atomic E-state index is 13.1. The molecule has 0 fully saturated rings. The van der Waals surface area contributed by atoms with Crippen LogP contribution < -0.4 is 27.0 Å². The van der Waals surface area contributed by atoms with Crippen LogP contribution in [-0.2, 0) is 21.1 Å². The first kappa shape index (κ1) is 33.0. The molecule has 0 radical (unpaired) electrons. The summed E-state index contributed by atoms with van der Waals surface area (Å²) in [4.78, 5) is 52.4. The number of halogens is 1. The van der Waals surface area contributed by atoms with Crippen molar-refractivity contribution in [2.75, 3.05) is 34.1 Å². The molecule has 0 bridgehead atoms. The summed E-state index contributed by atoms with van der Waals surface area (Å²) in [6, 6.07) is 11.8. The Hall–Kier alpha value is -4.95. The Kier molecular flexibility index (Phi) is 10.8. The molecule has 3 heterocycles. The minimum atomic E-state index is -0.443. The van der Waals surface area contributed by atoms with Gasteiger partial charge in [-0.2, -0.15) is 0 Å². The van der Waals surface area contributed by atoms with Gasteiger partial charge in [-0.25, -0.2) is 0 Å². The number of benzene rings is 1. The van der Waals surface area contributed by atoms with Crippen LogP contribution in [0.2, 0.25) is 0 Å². The van der Waals surface area contributed by atoms with E-state index in [2.05, 4.69) is 21.3 Å². The molecular weight excluding hydrogens is 618 g/mol. The summed E-state index contributed by atoms with van der Waals surface area (Å²) in [7, 11) is 5.03. The molecular formula is C30H34ClN9O4S. The fraction of sp³-hybridized carbons (Fsp3) is 0.233. The van der Waals surface area contributed by atoms with E-state index < -0.39 is 11.8 Å². The normalized spacial score (nSPS) is 10.8. The summed E-state index contributed by atoms with van der Waals surface area (Å²) in [6.07, 6.45) is 5.08. The van der Waals surface area contributed by atoms with Gasteiger partial charge in [0.15, 0.2) is 0 Å². The molecule has 0 aliphatic heterocycles. The van der Waals surface area contributed by atoms with E-state index in [4.69, 9.17) is 22.7 Å². The first-order valence-corrected chi connectivity index (χ1v) is 15.3. The van der Waals surface area contributed by atoms with E-state index in [9.17, 15) is 19.2 Å². The minimum absolute atomic E-state index is 0.0264. The number of alkyl halides is 1. The molecule has 4 aromatic rings. The van der Waals surface area contributed by atoms with Crippen LogP contribution in [0.3, 0.4) is 0 Å². The standard InChI is InChI=1S/C30H34ClN9O4S/c1-38-16-20(12-23(38)28(42)34-10-8-26(32)33)36-30(44)25-14-21(17-40(25)3)37-29(43)24-13-19(15-39(24)2)35-27(41)18-4-6-22(7-5-18)45-11-9-31/h4-7,12-17H,8-11H2,1-3H3,(H3,32,33)(H,34,42)(H,35,41)(H,36,44)(H,37,43). The third-order valence-corrected chi connectivity index (χ3v) is 8.06. The molecule has 3 aromatic heterocycles. The Morgan fingerprint density at radius 2 is 1.20 bits per heavy atom. The number of carbonyl (C=O) groups is 4. The van der Waals surface area contributed by atoms with E-state index in [1.54, 1.807) is 83.4 Å². The Morgan fingerprint density at radius 3 is 1.64 bits per heavy atom. The van der Waals surface area contributed by atoms with Gasteiger partial charge < -0.3 is 40.7 Å². The van der Waals surface area contributed by atoms with Gasteiger partial charge in [0.25, 0.3) is 23.6 Å². The Morgan fingerprint density at radius 1 is 0.756 bits per heavy atom. The summed E-state index contributed by atoms with van der Waals surface area (Å²) >= 11 is 7.34. The van der Waals surface area contributed by atoms with E-state index in [1.807, 2.05) is 12.1 Å². The molecule has 0 atom stereocenters. The molecule has 0 unspecified atom stereocenters. The van der Waals surface area contributed by atoms with Crippen LogP contribution >= 0.6 is 23.4 Å². The minimum Gasteiger partial charge on any atom is -0.388 e. The number of amides is 4. The van der Waals surface area contributed by atoms with Crippen LogP contribution in [0.4, 0.5) is 17.1 Å². The topological polar surface area (TPSA) is 181 Å². The number of amidine groups is 1. The molecule has 45 heavy (non-hydrogen) atoms. The van der Waals surface area contributed by atoms with Crippen molar-refractivity contribution in [2.24, 2.45) is 26.9 Å². The molecule has 15 heteroatoms. The van der Waals surface area contributed by atoms with Crippen molar-refractivity contribution in [1.82, 2.24) is 19.0 Å². The number of aryl methyl sites for hydroxylation is 3. The number of aromatic nitrogens is 3. The maximum atomic E-state index is 13.1. The third kappa shape index (κ3) is 8.58. The number of hydrogen-bond donors (Lipinski definition) is 6. The monoisotopic (exact) mass is 651 g/mol. The lowest BCUT2D eigenvalue weighted by Gasteiger charge is -2.04. The summed E-state index contributed by atoms with van der Waals surface area (Å²) < 4.78 is 4.74. The highest BCUT2D eigenvalue weighted by atomic mass is 35.5. The molecule has 236 valence electrons. The van der Waals surface area contributed by atoms with Crippen molar-refractivity contribution < 1.29 is 19.2 Å². The van der Waals surface area contributed by atoms with Crippen LogP contribution in [0.1, 0.15) is 48.2 Å². The van der Waals surface area contributed by atoms with Gasteiger partial charge in [0, 0.05) is 74.8 Å². The van der Waals surface area contributed by atoms with Crippen LogP contribution in [0, 0.1) is 5.41 Å². The van der Waals surface area contributed by atoms with Gasteiger partial charge in [-0.3, -0.25) is 24.6 Å². The SMILES string of the molecule is Cn1cc(NC(=O)c2cc(NC(=O)c3cc(NC(=O)c4ccc(SCCCl)cc4)cn3C)cn2C)cc1C(=O)NCCC(=N)N. The van der Waals surface area contributed by atoms with Crippen LogP contribution in [0.25, 0.3) is 0 Å². The van der Waals surface area contributed by atoms with Crippen LogP contribution in [-0.4, -0.2) is 61.3 Å². The van der Waals surface area contributed by atoms with E-state index in [-0.39, 0.29) is 36.3 Å². The molecule has 13 nitrogen and oxygen atoms in total. The molecule has 4 rings (SSSR count). The lowest BCUT2D eigenvalue weighted by Crippen LogP contribution is -2.28. The van der Waals surface area contributed by atoms with Gasteiger partial charge in [-0.05, 0) is 42.5 Å². The summed E-state index contributed by atoms with van der Waals surface area (Å²) in [5, 5.41) is 18.3. The highest BCUT2D eigenvalue weighted by molar-refractivity contribution is 7.99. The fourth-order valence-electron chi connectivity index (χ4n) is 4.43. The lowest BCUT2D eigenvalue weighted by molar-refractivity contribution is 0.0944. The maximum Gasteiger partial charge on any atom is 0.272 e. The average Bonchev–Trinajstić information content (AvgIpc) is 3.67. The van der Waals surface area contributed by atoms with E-state index in [0.717, 1.165) is 10.6 Å². The molecule has 0 saturated heterocycles. The van der Waals surface area contributed by atoms with Gasteiger partial charge in [-0.1, -0.05) is 0 Å². The Bertz CT molecular complexity index is 1740. The van der Waals surface area contributed by atoms with Gasteiger partial charge in [0.05, 0.1) is 22.9 Å². The lowest BCUT2D eigenvalue weighted by atomic mass is 10.2. The molecule has 7 N–H and O–H groups in total. The van der Waals surface area contributed by atoms with Crippen LogP contribution in [0.15, 0.2) is 66.0 Å². The number of anilines is 3. The number of hydrogen-bond acceptors (Lipinski definition) is 6. The number of nitrogens with two attached hydrogens (primary N) is 1. The van der Waals surface area contributed by atoms with Crippen molar-refractivity contribution in [3.05, 3.63) is 83.7 Å². The highest BCUT2D eigenvalue weighted by Crippen LogP contribution is 2.21. The first-order chi connectivity index (χ1) is 21.4. The Labute approximate surface area is 269 Å². The zero-order valence-electron chi connectivity index (χ0n) is 24.9. The smallest absolute Gasteiger partial charge is 0.272 e. The Balaban J connectivity index is 1.36. The first-order valence-electron chi connectivity index (χ1n) is 13.8. The summed E-state index contributed by atoms with van der Waals surface area (Å²) in [5.41, 5.74) is 7.95. The summed E-state index contributed by atoms with van der Waals surface area (Å²) in [6.45, 7) is 0.224. The fourth-order valence-corrected chi connectivity index (χ4v) is 5.30. The number of thioether (sulfide) groups is 1. The van der Waals surface area contributed by atoms with Gasteiger partial charge >= 0.3 is 0 Å². The third-order valence-electron chi connectivity index (χ3n) is 6.63. The molecule has 0 aliphatic rings. The predicted molar refractivity (Wildman–Crippen MR) is 177 cm³/mol. The molecule has 4 amide bonds. The average molecular weight is 652 g/mol. The van der Waals surface area contributed by atoms with Crippen molar-refractivity contribution in [1.29, 1.82) is 5.41 Å². The zero-order valence-corrected chi connectivity index (χ0v) is 26.5. The second kappa shape index (κ2) is 14.7. The largest absolute Gasteiger partial charge is 0.388 e. The van der Waals surface area contributed by atoms with Gasteiger partial charge in [0.1, 0.15) is 17.1 Å². The molecule has 0 spiro atoms. The number of rotatable bonds is 13. The second-order valence-corrected chi connectivity index (χ2v) is 11.7. The van der Waals surface area contributed by atoms with Crippen molar-refractivity contribution in [3.8, 4) is 0 Å². The number of carbonyl (C=O) groups excluding carboxylic acids is 4. The van der Waals surface area contributed by atoms with Gasteiger partial charge in [-0.15, -0.1) is 23.4 Å². The molecule has 0 saturated carbocycles.